The second-order valence-electron chi connectivity index (χ2n) is 6.37. The maximum atomic E-state index is 12.3. The molecule has 2 aromatic rings. The van der Waals surface area contributed by atoms with E-state index in [0.29, 0.717) is 19.0 Å². The van der Waals surface area contributed by atoms with Gasteiger partial charge in [0.2, 0.25) is 11.9 Å². The number of H-pyrrole nitrogens is 1. The zero-order valence-electron chi connectivity index (χ0n) is 13.9. The fraction of sp³-hybridized carbons (Fsp3) is 0.643. The molecular weight excluding hydrogens is 346 g/mol. The number of nitrogens with one attached hydrogen (secondary N) is 2. The van der Waals surface area contributed by atoms with E-state index < -0.39 is 36.7 Å². The van der Waals surface area contributed by atoms with E-state index in [1.807, 2.05) is 4.90 Å². The van der Waals surface area contributed by atoms with E-state index in [2.05, 4.69) is 20.3 Å². The van der Waals surface area contributed by atoms with E-state index in [1.54, 1.807) is 0 Å². The number of nitrogen functional groups attached to an aromatic ring is 1. The molecule has 26 heavy (non-hydrogen) atoms. The number of ether oxygens (including phenoxy) is 1. The Kier molecular flexibility index (Phi) is 4.28. The minimum atomic E-state index is -1.33. The van der Waals surface area contributed by atoms with Crippen molar-refractivity contribution in [3.63, 3.8) is 0 Å². The molecule has 2 aliphatic rings. The molecule has 0 bridgehead atoms. The van der Waals surface area contributed by atoms with Gasteiger partial charge in [-0.15, -0.1) is 0 Å². The number of nitrogens with two attached hydrogens (primary N) is 1. The molecule has 4 rings (SSSR count). The van der Waals surface area contributed by atoms with E-state index in [4.69, 9.17) is 10.5 Å². The van der Waals surface area contributed by atoms with Gasteiger partial charge in [0.1, 0.15) is 18.3 Å². The summed E-state index contributed by atoms with van der Waals surface area (Å²) in [6.45, 7) is 2.26. The Hall–Kier alpha value is -2.25. The van der Waals surface area contributed by atoms with Crippen molar-refractivity contribution < 1.29 is 20.1 Å². The fourth-order valence-electron chi connectivity index (χ4n) is 3.40. The van der Waals surface area contributed by atoms with E-state index >= 15 is 0 Å². The summed E-state index contributed by atoms with van der Waals surface area (Å²) in [6.07, 6.45) is -4.63. The normalized spacial score (nSPS) is 29.6. The van der Waals surface area contributed by atoms with Crippen LogP contribution in [0.2, 0.25) is 0 Å². The summed E-state index contributed by atoms with van der Waals surface area (Å²) in [4.78, 5) is 25.1. The van der Waals surface area contributed by atoms with Crippen molar-refractivity contribution in [2.24, 2.45) is 0 Å². The Balaban J connectivity index is 1.89. The Morgan fingerprint density at radius 1 is 1.23 bits per heavy atom. The van der Waals surface area contributed by atoms with Crippen LogP contribution in [-0.4, -0.2) is 85.9 Å². The Morgan fingerprint density at radius 3 is 2.62 bits per heavy atom. The van der Waals surface area contributed by atoms with Gasteiger partial charge in [0.25, 0.3) is 5.56 Å². The zero-order chi connectivity index (χ0) is 18.4. The number of rotatable bonds is 3. The van der Waals surface area contributed by atoms with E-state index in [1.165, 1.54) is 4.57 Å². The van der Waals surface area contributed by atoms with Crippen molar-refractivity contribution in [3.05, 3.63) is 10.4 Å². The number of anilines is 2. The molecule has 2 fully saturated rings. The molecule has 12 nitrogen and oxygen atoms in total. The third-order valence-corrected chi connectivity index (χ3v) is 4.72. The predicted molar refractivity (Wildman–Crippen MR) is 90.7 cm³/mol. The molecule has 12 heteroatoms. The maximum Gasteiger partial charge on any atom is 0.280 e. The van der Waals surface area contributed by atoms with Crippen LogP contribution in [0.4, 0.5) is 11.9 Å². The highest BCUT2D eigenvalue weighted by Crippen LogP contribution is 2.35. The SMILES string of the molecule is Nc1nc2c(nc(N3CCNCC3)n2[C@@H]2O[C@H](CO)[C@H](O)[C@@H]2O)c(=O)[nH]1. The van der Waals surface area contributed by atoms with Gasteiger partial charge in [-0.1, -0.05) is 0 Å². The van der Waals surface area contributed by atoms with Crippen molar-refractivity contribution in [1.29, 1.82) is 0 Å². The topological polar surface area (TPSA) is 175 Å². The number of hydrogen-bond donors (Lipinski definition) is 6. The van der Waals surface area contributed by atoms with Crippen molar-refractivity contribution in [2.45, 2.75) is 24.5 Å². The number of aromatic amines is 1. The molecule has 2 saturated heterocycles. The molecule has 4 heterocycles. The summed E-state index contributed by atoms with van der Waals surface area (Å²) < 4.78 is 7.10. The molecule has 7 N–H and O–H groups in total. The van der Waals surface area contributed by atoms with Crippen LogP contribution in [0.5, 0.6) is 0 Å². The van der Waals surface area contributed by atoms with Crippen LogP contribution in [0.15, 0.2) is 4.79 Å². The number of aliphatic hydroxyl groups excluding tert-OH is 3. The first-order valence-electron chi connectivity index (χ1n) is 8.37. The van der Waals surface area contributed by atoms with Crippen molar-refractivity contribution in [2.75, 3.05) is 43.4 Å². The summed E-state index contributed by atoms with van der Waals surface area (Å²) in [6, 6.07) is 0. The average molecular weight is 367 g/mol. The minimum Gasteiger partial charge on any atom is -0.394 e. The van der Waals surface area contributed by atoms with Crippen LogP contribution >= 0.6 is 0 Å². The molecule has 0 unspecified atom stereocenters. The molecule has 2 aliphatic heterocycles. The second-order valence-corrected chi connectivity index (χ2v) is 6.37. The number of fused-ring (bicyclic) bond motifs is 1. The van der Waals surface area contributed by atoms with Crippen LogP contribution in [0.25, 0.3) is 11.2 Å². The van der Waals surface area contributed by atoms with E-state index in [-0.39, 0.29) is 17.1 Å². The second kappa shape index (κ2) is 6.48. The summed E-state index contributed by atoms with van der Waals surface area (Å²) in [7, 11) is 0. The number of aromatic nitrogens is 4. The van der Waals surface area contributed by atoms with Gasteiger partial charge in [0.05, 0.1) is 6.61 Å². The molecule has 4 atom stereocenters. The van der Waals surface area contributed by atoms with Gasteiger partial charge in [0, 0.05) is 26.2 Å². The molecular formula is C14H21N7O5. The first kappa shape index (κ1) is 17.2. The van der Waals surface area contributed by atoms with E-state index in [9.17, 15) is 20.1 Å². The Bertz CT molecular complexity index is 861. The van der Waals surface area contributed by atoms with Gasteiger partial charge in [-0.05, 0) is 0 Å². The van der Waals surface area contributed by atoms with Gasteiger partial charge in [-0.3, -0.25) is 14.3 Å². The lowest BCUT2D eigenvalue weighted by molar-refractivity contribution is -0.0504. The van der Waals surface area contributed by atoms with Gasteiger partial charge < -0.3 is 36.0 Å². The van der Waals surface area contributed by atoms with Crippen LogP contribution in [0.3, 0.4) is 0 Å². The van der Waals surface area contributed by atoms with Crippen LogP contribution in [0, 0.1) is 0 Å². The third kappa shape index (κ3) is 2.62. The largest absolute Gasteiger partial charge is 0.394 e. The van der Waals surface area contributed by atoms with Gasteiger partial charge >= 0.3 is 0 Å². The predicted octanol–water partition coefficient (Wildman–Crippen LogP) is -3.28. The number of hydrogen-bond acceptors (Lipinski definition) is 10. The quantitative estimate of drug-likeness (QED) is 0.323. The fourth-order valence-corrected chi connectivity index (χ4v) is 3.40. The number of nitrogens with zero attached hydrogens (tertiary/aromatic N) is 4. The Labute approximate surface area is 147 Å². The molecule has 0 spiro atoms. The van der Waals surface area contributed by atoms with Crippen LogP contribution in [-0.2, 0) is 4.74 Å². The highest BCUT2D eigenvalue weighted by Gasteiger charge is 2.45. The lowest BCUT2D eigenvalue weighted by atomic mass is 10.1. The van der Waals surface area contributed by atoms with Crippen molar-refractivity contribution >= 4 is 23.1 Å². The summed E-state index contributed by atoms with van der Waals surface area (Å²) in [5.41, 5.74) is 5.37. The van der Waals surface area contributed by atoms with Gasteiger partial charge in [-0.2, -0.15) is 4.98 Å². The summed E-state index contributed by atoms with van der Waals surface area (Å²) in [5.74, 6) is 0.294. The summed E-state index contributed by atoms with van der Waals surface area (Å²) in [5, 5.41) is 33.1. The smallest absolute Gasteiger partial charge is 0.280 e. The molecule has 142 valence electrons. The minimum absolute atomic E-state index is 0.0606. The number of aliphatic hydroxyl groups is 3. The van der Waals surface area contributed by atoms with Crippen molar-refractivity contribution in [1.82, 2.24) is 24.8 Å². The molecule has 0 amide bonds. The summed E-state index contributed by atoms with van der Waals surface area (Å²) >= 11 is 0. The van der Waals surface area contributed by atoms with Crippen molar-refractivity contribution in [3.8, 4) is 0 Å². The molecule has 0 aromatic carbocycles. The molecule has 0 aliphatic carbocycles. The lowest BCUT2D eigenvalue weighted by Crippen LogP contribution is -2.45. The van der Waals surface area contributed by atoms with Crippen LogP contribution in [0.1, 0.15) is 6.23 Å². The zero-order valence-corrected chi connectivity index (χ0v) is 13.9. The molecule has 2 aromatic heterocycles. The maximum absolute atomic E-state index is 12.3. The Morgan fingerprint density at radius 2 is 1.96 bits per heavy atom. The van der Waals surface area contributed by atoms with Gasteiger partial charge in [-0.25, -0.2) is 4.98 Å². The average Bonchev–Trinajstić information content (AvgIpc) is 3.14. The molecule has 0 saturated carbocycles. The molecule has 0 radical (unpaired) electrons. The number of piperazine rings is 1. The van der Waals surface area contributed by atoms with Gasteiger partial charge in [0.15, 0.2) is 17.4 Å². The lowest BCUT2D eigenvalue weighted by Gasteiger charge is -2.30. The third-order valence-electron chi connectivity index (χ3n) is 4.72. The highest BCUT2D eigenvalue weighted by molar-refractivity contribution is 5.75. The first-order valence-corrected chi connectivity index (χ1v) is 8.37. The monoisotopic (exact) mass is 367 g/mol. The van der Waals surface area contributed by atoms with Crippen LogP contribution < -0.4 is 21.5 Å². The standard InChI is InChI=1S/C14H21N7O5/c15-13-18-10-7(11(25)19-13)17-14(20-3-1-16-2-4-20)21(10)12-9(24)8(23)6(5-22)26-12/h6,8-9,12,16,22-24H,1-5H2,(H3,15,18,19,25)/t6-,8+,9+,12-/m1/s1. The number of imidazole rings is 1. The highest BCUT2D eigenvalue weighted by atomic mass is 16.6. The van der Waals surface area contributed by atoms with E-state index in [0.717, 1.165) is 13.1 Å². The first-order chi connectivity index (χ1) is 12.5.